The minimum absolute atomic E-state index is 0.0846. The molecule has 0 spiro atoms. The number of carbonyl (C=O) groups is 2. The van der Waals surface area contributed by atoms with Crippen LogP contribution in [-0.4, -0.2) is 106 Å². The van der Waals surface area contributed by atoms with Crippen molar-refractivity contribution in [2.24, 2.45) is 11.8 Å². The van der Waals surface area contributed by atoms with Crippen LogP contribution in [0.25, 0.3) is 6.08 Å². The molecule has 1 aromatic carbocycles. The van der Waals surface area contributed by atoms with Gasteiger partial charge in [-0.15, -0.1) is 0 Å². The molecule has 1 amide bonds. The van der Waals surface area contributed by atoms with Gasteiger partial charge in [0.1, 0.15) is 18.0 Å². The molecule has 3 aliphatic rings. The van der Waals surface area contributed by atoms with Crippen LogP contribution >= 0.6 is 0 Å². The number of cyclic esters (lactones) is 1. The summed E-state index contributed by atoms with van der Waals surface area (Å²) in [4.78, 5) is 30.0. The van der Waals surface area contributed by atoms with Crippen molar-refractivity contribution in [1.29, 1.82) is 0 Å². The molecule has 0 aliphatic carbocycles. The van der Waals surface area contributed by atoms with Crippen molar-refractivity contribution < 1.29 is 38.0 Å². The third kappa shape index (κ3) is 11.4. The maximum Gasteiger partial charge on any atom is 0.407 e. The molecule has 4 rings (SSSR count). The summed E-state index contributed by atoms with van der Waals surface area (Å²) in [5, 5.41) is 13.5. The average molecular weight is 632 g/mol. The summed E-state index contributed by atoms with van der Waals surface area (Å²) in [6, 6.07) is 4.90. The number of aliphatic hydroxyl groups is 1. The predicted molar refractivity (Wildman–Crippen MR) is 170 cm³/mol. The smallest absolute Gasteiger partial charge is 0.407 e. The van der Waals surface area contributed by atoms with E-state index in [2.05, 4.69) is 15.1 Å². The Morgan fingerprint density at radius 2 is 1.78 bits per heavy atom. The van der Waals surface area contributed by atoms with Crippen LogP contribution in [0.4, 0.5) is 14.9 Å². The van der Waals surface area contributed by atoms with Gasteiger partial charge < -0.3 is 34.3 Å². The molecular formula is C34H50FN3O7. The molecule has 45 heavy (non-hydrogen) atoms. The highest BCUT2D eigenvalue weighted by atomic mass is 19.1. The van der Waals surface area contributed by atoms with E-state index in [0.29, 0.717) is 51.3 Å². The molecule has 3 heterocycles. The van der Waals surface area contributed by atoms with Gasteiger partial charge in [0.25, 0.3) is 0 Å². The Bertz CT molecular complexity index is 1170. The monoisotopic (exact) mass is 631 g/mol. The number of hydrogen-bond acceptors (Lipinski definition) is 9. The third-order valence-corrected chi connectivity index (χ3v) is 8.65. The number of anilines is 1. The van der Waals surface area contributed by atoms with Crippen molar-refractivity contribution in [2.75, 3.05) is 70.6 Å². The molecule has 11 heteroatoms. The van der Waals surface area contributed by atoms with Crippen LogP contribution in [-0.2, 0) is 23.7 Å². The fourth-order valence-electron chi connectivity index (χ4n) is 5.96. The fraction of sp³-hybridized carbons (Fsp3) is 0.647. The van der Waals surface area contributed by atoms with E-state index in [1.807, 2.05) is 45.1 Å². The van der Waals surface area contributed by atoms with Crippen LogP contribution in [0, 0.1) is 17.7 Å². The molecule has 0 aromatic heterocycles. The number of esters is 1. The van der Waals surface area contributed by atoms with Gasteiger partial charge >= 0.3 is 12.1 Å². The second-order valence-corrected chi connectivity index (χ2v) is 12.4. The van der Waals surface area contributed by atoms with Crippen molar-refractivity contribution in [3.05, 3.63) is 47.3 Å². The van der Waals surface area contributed by atoms with Gasteiger partial charge in [-0.25, -0.2) is 9.18 Å². The number of amides is 1. The van der Waals surface area contributed by atoms with Gasteiger partial charge in [-0.05, 0) is 74.1 Å². The van der Waals surface area contributed by atoms with E-state index in [4.69, 9.17) is 18.9 Å². The number of carbonyl (C=O) groups excluding carboxylic acids is 2. The van der Waals surface area contributed by atoms with E-state index in [0.717, 1.165) is 50.5 Å². The second kappa shape index (κ2) is 17.6. The normalized spacial score (nSPS) is 28.4. The van der Waals surface area contributed by atoms with Crippen LogP contribution in [0.15, 0.2) is 35.9 Å². The van der Waals surface area contributed by atoms with Crippen molar-refractivity contribution in [3.8, 4) is 0 Å². The molecule has 0 bridgehead atoms. The SMILES string of the molecule is C/C(=C\c1cc(F)cc(N2CCOCC2)c1)[C@H]1OC(=O)C[C@H](O)CC[C@H](C)[C@H](OC(=O)NCCCN2CCOCC2)/C=C/[C@@H]1C. The summed E-state index contributed by atoms with van der Waals surface area (Å²) >= 11 is 0. The van der Waals surface area contributed by atoms with Crippen LogP contribution in [0.3, 0.4) is 0 Å². The van der Waals surface area contributed by atoms with Crippen molar-refractivity contribution in [2.45, 2.75) is 64.8 Å². The minimum atomic E-state index is -0.877. The number of nitrogens with zero attached hydrogens (tertiary/aromatic N) is 2. The number of alkyl carbamates (subject to hydrolysis) is 1. The quantitative estimate of drug-likeness (QED) is 0.248. The first kappa shape index (κ1) is 34.9. The Labute approximate surface area is 266 Å². The van der Waals surface area contributed by atoms with E-state index in [1.165, 1.54) is 12.1 Å². The summed E-state index contributed by atoms with van der Waals surface area (Å²) < 4.78 is 37.2. The van der Waals surface area contributed by atoms with E-state index in [1.54, 1.807) is 0 Å². The highest BCUT2D eigenvalue weighted by Gasteiger charge is 2.27. The molecule has 2 N–H and O–H groups in total. The summed E-state index contributed by atoms with van der Waals surface area (Å²) in [5.41, 5.74) is 2.17. The number of aliphatic hydroxyl groups excluding tert-OH is 1. The maximum absolute atomic E-state index is 14.7. The molecule has 2 fully saturated rings. The number of morpholine rings is 2. The lowest BCUT2D eigenvalue weighted by Crippen LogP contribution is -2.38. The number of nitrogens with one attached hydrogen (secondary N) is 1. The Kier molecular flexibility index (Phi) is 13.7. The zero-order chi connectivity index (χ0) is 32.2. The average Bonchev–Trinajstić information content (AvgIpc) is 3.02. The predicted octanol–water partition coefficient (Wildman–Crippen LogP) is 4.17. The zero-order valence-corrected chi connectivity index (χ0v) is 26.9. The van der Waals surface area contributed by atoms with Crippen LogP contribution in [0.2, 0.25) is 0 Å². The number of halogens is 1. The minimum Gasteiger partial charge on any atom is -0.457 e. The molecule has 1 aromatic rings. The standard InChI is InChI=1S/C34H50FN3O7/c1-24-5-7-30(39)23-32(40)45-33(26(3)19-27-20-28(35)22-29(21-27)38-13-17-43-18-14-38)25(2)6-8-31(24)44-34(41)36-9-4-10-37-11-15-42-16-12-37/h6,8,19-22,24-25,30-31,33,39H,4-5,7,9-18,23H2,1-3H3,(H,36,41)/b8-6+,26-19+/t24-,25-,30+,31+,33-/m0/s1. The van der Waals surface area contributed by atoms with E-state index >= 15 is 0 Å². The van der Waals surface area contributed by atoms with E-state index in [-0.39, 0.29) is 24.1 Å². The first-order chi connectivity index (χ1) is 21.7. The van der Waals surface area contributed by atoms with Crippen molar-refractivity contribution in [1.82, 2.24) is 10.2 Å². The van der Waals surface area contributed by atoms with Crippen molar-refractivity contribution >= 4 is 23.8 Å². The molecule has 250 valence electrons. The van der Waals surface area contributed by atoms with Crippen molar-refractivity contribution in [3.63, 3.8) is 0 Å². The molecule has 0 saturated carbocycles. The number of benzene rings is 1. The van der Waals surface area contributed by atoms with Gasteiger partial charge in [0.2, 0.25) is 0 Å². The van der Waals surface area contributed by atoms with E-state index < -0.39 is 30.4 Å². The van der Waals surface area contributed by atoms with Crippen LogP contribution in [0.5, 0.6) is 0 Å². The largest absolute Gasteiger partial charge is 0.457 e. The van der Waals surface area contributed by atoms with E-state index in [9.17, 15) is 19.1 Å². The lowest BCUT2D eigenvalue weighted by molar-refractivity contribution is -0.151. The highest BCUT2D eigenvalue weighted by molar-refractivity contribution is 5.71. The number of hydrogen-bond donors (Lipinski definition) is 2. The van der Waals surface area contributed by atoms with Gasteiger partial charge in [0.15, 0.2) is 0 Å². The first-order valence-corrected chi connectivity index (χ1v) is 16.3. The lowest BCUT2D eigenvalue weighted by Gasteiger charge is -2.29. The Morgan fingerprint density at radius 3 is 2.51 bits per heavy atom. The van der Waals surface area contributed by atoms with Gasteiger partial charge in [0, 0.05) is 44.3 Å². The fourth-order valence-corrected chi connectivity index (χ4v) is 5.96. The lowest BCUT2D eigenvalue weighted by atomic mass is 9.91. The molecule has 10 nitrogen and oxygen atoms in total. The summed E-state index contributed by atoms with van der Waals surface area (Å²) in [6.45, 7) is 13.0. The molecule has 3 aliphatic heterocycles. The summed E-state index contributed by atoms with van der Waals surface area (Å²) in [7, 11) is 0. The van der Waals surface area contributed by atoms with Crippen LogP contribution in [0.1, 0.15) is 52.0 Å². The first-order valence-electron chi connectivity index (χ1n) is 16.3. The highest BCUT2D eigenvalue weighted by Crippen LogP contribution is 2.27. The molecular weight excluding hydrogens is 581 g/mol. The summed E-state index contributed by atoms with van der Waals surface area (Å²) in [5.74, 6) is -1.22. The number of ether oxygens (including phenoxy) is 4. The Morgan fingerprint density at radius 1 is 1.07 bits per heavy atom. The van der Waals surface area contributed by atoms with Crippen LogP contribution < -0.4 is 10.2 Å². The Hall–Kier alpha value is -2.99. The second-order valence-electron chi connectivity index (χ2n) is 12.4. The third-order valence-electron chi connectivity index (χ3n) is 8.65. The van der Waals surface area contributed by atoms with Gasteiger partial charge in [0.05, 0.1) is 39.0 Å². The van der Waals surface area contributed by atoms with Gasteiger partial charge in [-0.1, -0.05) is 26.0 Å². The van der Waals surface area contributed by atoms with Gasteiger partial charge in [-0.3, -0.25) is 9.69 Å². The van der Waals surface area contributed by atoms with Gasteiger partial charge in [-0.2, -0.15) is 0 Å². The number of rotatable bonds is 8. The summed E-state index contributed by atoms with van der Waals surface area (Å²) in [6.07, 6.45) is 4.64. The molecule has 2 saturated heterocycles. The Balaban J connectivity index is 1.45. The molecule has 5 atom stereocenters. The molecule has 0 unspecified atom stereocenters. The molecule has 0 radical (unpaired) electrons. The maximum atomic E-state index is 14.7. The zero-order valence-electron chi connectivity index (χ0n) is 26.9. The topological polar surface area (TPSA) is 110 Å².